The van der Waals surface area contributed by atoms with Gasteiger partial charge in [-0.05, 0) is 86.5 Å². The average molecular weight is 509 g/mol. The van der Waals surface area contributed by atoms with Gasteiger partial charge in [0.15, 0.2) is 0 Å². The molecular formula is C28H35F3O5. The molecular weight excluding hydrogens is 473 g/mol. The molecule has 1 unspecified atom stereocenters. The van der Waals surface area contributed by atoms with Gasteiger partial charge in [0.2, 0.25) is 0 Å². The van der Waals surface area contributed by atoms with Crippen LogP contribution in [-0.4, -0.2) is 37.4 Å². The highest BCUT2D eigenvalue weighted by molar-refractivity contribution is 5.87. The number of ether oxygens (including phenoxy) is 3. The van der Waals surface area contributed by atoms with Gasteiger partial charge in [-0.1, -0.05) is 25.0 Å². The first-order valence-corrected chi connectivity index (χ1v) is 13.1. The molecule has 1 atom stereocenters. The van der Waals surface area contributed by atoms with Crippen LogP contribution in [0.1, 0.15) is 69.8 Å². The number of halogens is 3. The molecule has 1 aliphatic heterocycles. The first-order chi connectivity index (χ1) is 17.2. The Morgan fingerprint density at radius 2 is 1.56 bits per heavy atom. The molecule has 0 aromatic heterocycles. The molecule has 0 amide bonds. The maximum atomic E-state index is 12.7. The first-order valence-electron chi connectivity index (χ1n) is 13.1. The van der Waals surface area contributed by atoms with Crippen molar-refractivity contribution in [2.24, 2.45) is 23.7 Å². The summed E-state index contributed by atoms with van der Waals surface area (Å²) in [4.78, 5) is 24.3. The second-order valence-corrected chi connectivity index (χ2v) is 10.5. The fourth-order valence-corrected chi connectivity index (χ4v) is 5.54. The molecule has 1 aromatic rings. The van der Waals surface area contributed by atoms with Gasteiger partial charge in [0, 0.05) is 12.5 Å². The lowest BCUT2D eigenvalue weighted by molar-refractivity contribution is -0.141. The van der Waals surface area contributed by atoms with Crippen molar-refractivity contribution in [1.29, 1.82) is 0 Å². The third kappa shape index (κ3) is 8.64. The van der Waals surface area contributed by atoms with Gasteiger partial charge < -0.3 is 14.2 Å². The average Bonchev–Trinajstić information content (AvgIpc) is 3.70. The Balaban J connectivity index is 1.14. The van der Waals surface area contributed by atoms with Gasteiger partial charge in [-0.25, -0.2) is 4.79 Å². The summed E-state index contributed by atoms with van der Waals surface area (Å²) < 4.78 is 53.1. The summed E-state index contributed by atoms with van der Waals surface area (Å²) in [6.45, 7) is 0.906. The lowest BCUT2D eigenvalue weighted by Gasteiger charge is -2.37. The van der Waals surface area contributed by atoms with Crippen molar-refractivity contribution in [2.45, 2.75) is 76.5 Å². The maximum Gasteiger partial charge on any atom is 0.389 e. The molecule has 0 bridgehead atoms. The molecule has 1 saturated heterocycles. The molecule has 2 aliphatic carbocycles. The minimum absolute atomic E-state index is 0.0333. The summed E-state index contributed by atoms with van der Waals surface area (Å²) in [5.74, 6) is 1.06. The van der Waals surface area contributed by atoms with Crippen molar-refractivity contribution in [3.63, 3.8) is 0 Å². The van der Waals surface area contributed by atoms with Crippen LogP contribution in [0.4, 0.5) is 13.2 Å². The van der Waals surface area contributed by atoms with Gasteiger partial charge >= 0.3 is 18.1 Å². The van der Waals surface area contributed by atoms with Gasteiger partial charge in [-0.15, -0.1) is 0 Å². The Kier molecular flexibility index (Phi) is 9.09. The van der Waals surface area contributed by atoms with Gasteiger partial charge in [-0.3, -0.25) is 4.79 Å². The van der Waals surface area contributed by atoms with E-state index in [1.807, 2.05) is 0 Å². The second-order valence-electron chi connectivity index (χ2n) is 10.5. The predicted molar refractivity (Wildman–Crippen MR) is 128 cm³/mol. The number of epoxide rings is 1. The van der Waals surface area contributed by atoms with Crippen LogP contribution in [0.2, 0.25) is 0 Å². The van der Waals surface area contributed by atoms with E-state index < -0.39 is 18.6 Å². The van der Waals surface area contributed by atoms with Gasteiger partial charge in [0.1, 0.15) is 18.5 Å². The van der Waals surface area contributed by atoms with Crippen LogP contribution >= 0.6 is 0 Å². The lowest BCUT2D eigenvalue weighted by atomic mass is 9.68. The Bertz CT molecular complexity index is 891. The zero-order valence-corrected chi connectivity index (χ0v) is 20.5. The predicted octanol–water partition coefficient (Wildman–Crippen LogP) is 6.50. The number of rotatable bonds is 9. The zero-order valence-electron chi connectivity index (χ0n) is 20.5. The molecule has 0 N–H and O–H groups in total. The third-order valence-electron chi connectivity index (χ3n) is 7.82. The molecule has 1 aromatic carbocycles. The molecule has 8 heteroatoms. The van der Waals surface area contributed by atoms with E-state index in [9.17, 15) is 22.8 Å². The molecule has 0 spiro atoms. The van der Waals surface area contributed by atoms with Crippen molar-refractivity contribution in [2.75, 3.05) is 13.2 Å². The standard InChI is InChI=1S/C28H35F3O5/c29-28(30,31)16-15-20-1-6-21(7-2-20)22-8-10-23(11-9-22)27(33)36-24-12-3-19(4-13-24)5-14-26(32)35-18-25-17-34-25/h3-5,12-14,20-23,25H,1-2,6-11,15-18H2. The van der Waals surface area contributed by atoms with Crippen LogP contribution in [0, 0.1) is 23.7 Å². The van der Waals surface area contributed by atoms with Crippen molar-refractivity contribution < 1.29 is 37.0 Å². The maximum absolute atomic E-state index is 12.7. The van der Waals surface area contributed by atoms with Crippen molar-refractivity contribution in [1.82, 2.24) is 0 Å². The number of esters is 2. The molecule has 2 saturated carbocycles. The summed E-state index contributed by atoms with van der Waals surface area (Å²) in [6.07, 6.45) is 5.93. The number of carbonyl (C=O) groups is 2. The quantitative estimate of drug-likeness (QED) is 0.165. The minimum atomic E-state index is -4.05. The highest BCUT2D eigenvalue weighted by atomic mass is 19.4. The van der Waals surface area contributed by atoms with Crippen LogP contribution in [0.3, 0.4) is 0 Å². The zero-order chi connectivity index (χ0) is 25.5. The van der Waals surface area contributed by atoms with Gasteiger partial charge in [-0.2, -0.15) is 13.2 Å². The van der Waals surface area contributed by atoms with Crippen molar-refractivity contribution in [3.8, 4) is 5.75 Å². The van der Waals surface area contributed by atoms with E-state index in [1.54, 1.807) is 30.3 Å². The van der Waals surface area contributed by atoms with E-state index in [-0.39, 0.29) is 36.9 Å². The Morgan fingerprint density at radius 3 is 2.14 bits per heavy atom. The van der Waals surface area contributed by atoms with E-state index in [0.29, 0.717) is 24.2 Å². The highest BCUT2D eigenvalue weighted by Crippen LogP contribution is 2.43. The number of hydrogen-bond acceptors (Lipinski definition) is 5. The number of carbonyl (C=O) groups excluding carboxylic acids is 2. The summed E-state index contributed by atoms with van der Waals surface area (Å²) in [7, 11) is 0. The second kappa shape index (κ2) is 12.3. The van der Waals surface area contributed by atoms with Crippen LogP contribution in [0.5, 0.6) is 5.75 Å². The van der Waals surface area contributed by atoms with Crippen LogP contribution in [-0.2, 0) is 19.1 Å². The minimum Gasteiger partial charge on any atom is -0.460 e. The van der Waals surface area contributed by atoms with Crippen LogP contribution in [0.15, 0.2) is 30.3 Å². The normalized spacial score (nSPS) is 28.6. The molecule has 1 heterocycles. The molecule has 0 radical (unpaired) electrons. The van der Waals surface area contributed by atoms with Crippen molar-refractivity contribution >= 4 is 18.0 Å². The molecule has 3 aliphatic rings. The molecule has 198 valence electrons. The largest absolute Gasteiger partial charge is 0.460 e. The smallest absolute Gasteiger partial charge is 0.389 e. The summed E-state index contributed by atoms with van der Waals surface area (Å²) in [5, 5.41) is 0. The number of alkyl halides is 3. The van der Waals surface area contributed by atoms with Crippen molar-refractivity contribution in [3.05, 3.63) is 35.9 Å². The number of benzene rings is 1. The van der Waals surface area contributed by atoms with E-state index in [1.165, 1.54) is 6.08 Å². The van der Waals surface area contributed by atoms with E-state index in [0.717, 1.165) is 56.9 Å². The first kappa shape index (κ1) is 26.7. The summed E-state index contributed by atoms with van der Waals surface area (Å²) in [6, 6.07) is 6.98. The van der Waals surface area contributed by atoms with Crippen LogP contribution in [0.25, 0.3) is 6.08 Å². The third-order valence-corrected chi connectivity index (χ3v) is 7.82. The Hall–Kier alpha value is -2.35. The van der Waals surface area contributed by atoms with Gasteiger partial charge in [0.25, 0.3) is 0 Å². The molecule has 36 heavy (non-hydrogen) atoms. The van der Waals surface area contributed by atoms with Gasteiger partial charge in [0.05, 0.1) is 12.5 Å². The monoisotopic (exact) mass is 508 g/mol. The fourth-order valence-electron chi connectivity index (χ4n) is 5.54. The van der Waals surface area contributed by atoms with E-state index >= 15 is 0 Å². The van der Waals surface area contributed by atoms with Crippen LogP contribution < -0.4 is 4.74 Å². The Labute approximate surface area is 210 Å². The molecule has 3 fully saturated rings. The summed E-state index contributed by atoms with van der Waals surface area (Å²) in [5.41, 5.74) is 0.794. The lowest BCUT2D eigenvalue weighted by Crippen LogP contribution is -2.30. The highest BCUT2D eigenvalue weighted by Gasteiger charge is 2.35. The number of hydrogen-bond donors (Lipinski definition) is 0. The topological polar surface area (TPSA) is 65.1 Å². The van der Waals surface area contributed by atoms with E-state index in [2.05, 4.69) is 0 Å². The SMILES string of the molecule is O=C(C=Cc1ccc(OC(=O)C2CCC(C3CCC(CCC(F)(F)F)CC3)CC2)cc1)OCC1CO1. The fraction of sp³-hybridized carbons (Fsp3) is 0.643. The molecule has 4 rings (SSSR count). The van der Waals surface area contributed by atoms with E-state index in [4.69, 9.17) is 14.2 Å². The Morgan fingerprint density at radius 1 is 0.944 bits per heavy atom. The summed E-state index contributed by atoms with van der Waals surface area (Å²) >= 11 is 0. The molecule has 5 nitrogen and oxygen atoms in total.